The van der Waals surface area contributed by atoms with Crippen molar-refractivity contribution in [3.63, 3.8) is 0 Å². The van der Waals surface area contributed by atoms with E-state index in [2.05, 4.69) is 5.32 Å². The van der Waals surface area contributed by atoms with Gasteiger partial charge in [-0.3, -0.25) is 14.5 Å². The highest BCUT2D eigenvalue weighted by Crippen LogP contribution is 2.35. The average molecular weight is 382 g/mol. The molecular formula is C22H26N2O4. The highest BCUT2D eigenvalue weighted by molar-refractivity contribution is 6.11. The van der Waals surface area contributed by atoms with Crippen molar-refractivity contribution < 1.29 is 19.1 Å². The highest BCUT2D eigenvalue weighted by Gasteiger charge is 2.38. The SMILES string of the molecule is CCNC(=O)C1Cc2ccccc2N1C(=O)c1ccc(OCC)c(OCC)c1. The zero-order valence-corrected chi connectivity index (χ0v) is 16.5. The van der Waals surface area contributed by atoms with Crippen LogP contribution >= 0.6 is 0 Å². The monoisotopic (exact) mass is 382 g/mol. The number of carbonyl (C=O) groups excluding carboxylic acids is 2. The fourth-order valence-corrected chi connectivity index (χ4v) is 3.46. The van der Waals surface area contributed by atoms with Gasteiger partial charge in [0, 0.05) is 24.2 Å². The molecule has 1 N–H and O–H groups in total. The van der Waals surface area contributed by atoms with Crippen molar-refractivity contribution in [2.75, 3.05) is 24.7 Å². The molecule has 2 aromatic carbocycles. The molecule has 6 heteroatoms. The van der Waals surface area contributed by atoms with Crippen LogP contribution in [0, 0.1) is 0 Å². The van der Waals surface area contributed by atoms with E-state index in [1.54, 1.807) is 23.1 Å². The summed E-state index contributed by atoms with van der Waals surface area (Å²) in [4.78, 5) is 27.6. The molecule has 0 aliphatic carbocycles. The lowest BCUT2D eigenvalue weighted by atomic mass is 10.1. The Balaban J connectivity index is 1.98. The van der Waals surface area contributed by atoms with Gasteiger partial charge in [0.15, 0.2) is 11.5 Å². The van der Waals surface area contributed by atoms with E-state index in [0.29, 0.717) is 43.2 Å². The van der Waals surface area contributed by atoms with Crippen molar-refractivity contribution in [3.05, 3.63) is 53.6 Å². The summed E-state index contributed by atoms with van der Waals surface area (Å²) < 4.78 is 11.2. The predicted octanol–water partition coefficient (Wildman–Crippen LogP) is 3.19. The molecule has 2 aromatic rings. The van der Waals surface area contributed by atoms with Crippen LogP contribution in [0.25, 0.3) is 0 Å². The number of nitrogens with zero attached hydrogens (tertiary/aromatic N) is 1. The minimum atomic E-state index is -0.563. The van der Waals surface area contributed by atoms with Crippen LogP contribution in [0.15, 0.2) is 42.5 Å². The molecule has 28 heavy (non-hydrogen) atoms. The van der Waals surface area contributed by atoms with Gasteiger partial charge in [0.2, 0.25) is 5.91 Å². The lowest BCUT2D eigenvalue weighted by Crippen LogP contribution is -2.48. The molecule has 0 spiro atoms. The standard InChI is InChI=1S/C22H26N2O4/c1-4-23-21(25)18-13-15-9-7-8-10-17(15)24(18)22(26)16-11-12-19(27-5-2)20(14-16)28-6-3/h7-12,14,18H,4-6,13H2,1-3H3,(H,23,25). The fourth-order valence-electron chi connectivity index (χ4n) is 3.46. The number of para-hydroxylation sites is 1. The van der Waals surface area contributed by atoms with Gasteiger partial charge in [-0.15, -0.1) is 0 Å². The summed E-state index contributed by atoms with van der Waals surface area (Å²) >= 11 is 0. The van der Waals surface area contributed by atoms with Gasteiger partial charge < -0.3 is 14.8 Å². The number of amides is 2. The number of hydrogen-bond acceptors (Lipinski definition) is 4. The number of rotatable bonds is 7. The summed E-state index contributed by atoms with van der Waals surface area (Å²) in [7, 11) is 0. The number of benzene rings is 2. The van der Waals surface area contributed by atoms with E-state index in [9.17, 15) is 9.59 Å². The molecule has 2 amide bonds. The maximum atomic E-state index is 13.4. The summed E-state index contributed by atoms with van der Waals surface area (Å²) in [6.07, 6.45) is 0.503. The quantitative estimate of drug-likeness (QED) is 0.799. The van der Waals surface area contributed by atoms with Crippen LogP contribution < -0.4 is 19.7 Å². The van der Waals surface area contributed by atoms with E-state index in [0.717, 1.165) is 11.3 Å². The van der Waals surface area contributed by atoms with Crippen LogP contribution in [0.4, 0.5) is 5.69 Å². The minimum Gasteiger partial charge on any atom is -0.490 e. The van der Waals surface area contributed by atoms with Crippen molar-refractivity contribution in [1.29, 1.82) is 0 Å². The summed E-state index contributed by atoms with van der Waals surface area (Å²) in [6, 6.07) is 12.2. The number of hydrogen-bond donors (Lipinski definition) is 1. The number of nitrogens with one attached hydrogen (secondary N) is 1. The van der Waals surface area contributed by atoms with Gasteiger partial charge in [0.05, 0.1) is 13.2 Å². The van der Waals surface area contributed by atoms with Crippen LogP contribution in [0.3, 0.4) is 0 Å². The lowest BCUT2D eigenvalue weighted by molar-refractivity contribution is -0.122. The molecule has 1 aliphatic heterocycles. The van der Waals surface area contributed by atoms with E-state index >= 15 is 0 Å². The Kier molecular flexibility index (Phi) is 6.19. The summed E-state index contributed by atoms with van der Waals surface area (Å²) in [5.41, 5.74) is 2.22. The molecule has 3 rings (SSSR count). The highest BCUT2D eigenvalue weighted by atomic mass is 16.5. The van der Waals surface area contributed by atoms with Crippen molar-refractivity contribution in [3.8, 4) is 11.5 Å². The molecule has 0 aromatic heterocycles. The lowest BCUT2D eigenvalue weighted by Gasteiger charge is -2.25. The van der Waals surface area contributed by atoms with E-state index in [-0.39, 0.29) is 11.8 Å². The molecular weight excluding hydrogens is 356 g/mol. The van der Waals surface area contributed by atoms with Gasteiger partial charge in [-0.05, 0) is 50.6 Å². The average Bonchev–Trinajstić information content (AvgIpc) is 3.09. The van der Waals surface area contributed by atoms with Gasteiger partial charge in [-0.2, -0.15) is 0 Å². The number of likely N-dealkylation sites (N-methyl/N-ethyl adjacent to an activating group) is 1. The Morgan fingerprint density at radius 2 is 1.75 bits per heavy atom. The molecule has 0 fully saturated rings. The molecule has 6 nitrogen and oxygen atoms in total. The number of ether oxygens (including phenoxy) is 2. The van der Waals surface area contributed by atoms with Crippen LogP contribution in [-0.2, 0) is 11.2 Å². The number of anilines is 1. The molecule has 1 atom stereocenters. The van der Waals surface area contributed by atoms with Crippen LogP contribution in [-0.4, -0.2) is 37.6 Å². The second kappa shape index (κ2) is 8.78. The zero-order valence-electron chi connectivity index (χ0n) is 16.5. The maximum Gasteiger partial charge on any atom is 0.259 e. The van der Waals surface area contributed by atoms with E-state index in [4.69, 9.17) is 9.47 Å². The van der Waals surface area contributed by atoms with E-state index in [1.807, 2.05) is 45.0 Å². The first-order chi connectivity index (χ1) is 13.6. The van der Waals surface area contributed by atoms with Crippen LogP contribution in [0.2, 0.25) is 0 Å². The summed E-state index contributed by atoms with van der Waals surface area (Å²) in [6.45, 7) is 7.13. The van der Waals surface area contributed by atoms with Gasteiger partial charge in [-0.25, -0.2) is 0 Å². The maximum absolute atomic E-state index is 13.4. The Morgan fingerprint density at radius 1 is 1.04 bits per heavy atom. The van der Waals surface area contributed by atoms with Gasteiger partial charge in [-0.1, -0.05) is 18.2 Å². The van der Waals surface area contributed by atoms with E-state index < -0.39 is 6.04 Å². The predicted molar refractivity (Wildman–Crippen MR) is 108 cm³/mol. The number of fused-ring (bicyclic) bond motifs is 1. The third-order valence-electron chi connectivity index (χ3n) is 4.64. The number of carbonyl (C=O) groups is 2. The summed E-state index contributed by atoms with van der Waals surface area (Å²) in [5, 5.41) is 2.84. The first-order valence-electron chi connectivity index (χ1n) is 9.69. The van der Waals surface area contributed by atoms with Crippen molar-refractivity contribution in [1.82, 2.24) is 5.32 Å². The second-order valence-corrected chi connectivity index (χ2v) is 6.45. The molecule has 0 saturated heterocycles. The third kappa shape index (κ3) is 3.81. The Hall–Kier alpha value is -3.02. The van der Waals surface area contributed by atoms with Gasteiger partial charge in [0.25, 0.3) is 5.91 Å². The van der Waals surface area contributed by atoms with Crippen LogP contribution in [0.1, 0.15) is 36.7 Å². The molecule has 1 unspecified atom stereocenters. The van der Waals surface area contributed by atoms with Crippen molar-refractivity contribution in [2.45, 2.75) is 33.2 Å². The normalized spacial score (nSPS) is 15.1. The molecule has 0 saturated carbocycles. The van der Waals surface area contributed by atoms with E-state index in [1.165, 1.54) is 0 Å². The largest absolute Gasteiger partial charge is 0.490 e. The third-order valence-corrected chi connectivity index (χ3v) is 4.64. The fraction of sp³-hybridized carbons (Fsp3) is 0.364. The van der Waals surface area contributed by atoms with Crippen molar-refractivity contribution >= 4 is 17.5 Å². The Labute approximate surface area is 165 Å². The molecule has 0 radical (unpaired) electrons. The van der Waals surface area contributed by atoms with Crippen molar-refractivity contribution in [2.24, 2.45) is 0 Å². The minimum absolute atomic E-state index is 0.150. The summed E-state index contributed by atoms with van der Waals surface area (Å²) in [5.74, 6) is 0.744. The molecule has 1 aliphatic rings. The van der Waals surface area contributed by atoms with Gasteiger partial charge >= 0.3 is 0 Å². The Bertz CT molecular complexity index is 865. The smallest absolute Gasteiger partial charge is 0.259 e. The molecule has 0 bridgehead atoms. The first-order valence-corrected chi connectivity index (χ1v) is 9.69. The zero-order chi connectivity index (χ0) is 20.1. The molecule has 148 valence electrons. The molecule has 1 heterocycles. The van der Waals surface area contributed by atoms with Crippen LogP contribution in [0.5, 0.6) is 11.5 Å². The van der Waals surface area contributed by atoms with Gasteiger partial charge in [0.1, 0.15) is 6.04 Å². The topological polar surface area (TPSA) is 67.9 Å². The second-order valence-electron chi connectivity index (χ2n) is 6.45. The Morgan fingerprint density at radius 3 is 2.46 bits per heavy atom. The first kappa shape index (κ1) is 19.7.